The number of nitrogens with one attached hydrogen (secondary N) is 2. The van der Waals surface area contributed by atoms with Crippen molar-refractivity contribution in [3.05, 3.63) is 42.9 Å². The van der Waals surface area contributed by atoms with Gasteiger partial charge >= 0.3 is 0 Å². The summed E-state index contributed by atoms with van der Waals surface area (Å²) in [6.07, 6.45) is 6.80. The Morgan fingerprint density at radius 2 is 2.14 bits per heavy atom. The fourth-order valence-corrected chi connectivity index (χ4v) is 1.62. The Bertz CT molecular complexity index is 549. The molecule has 0 fully saturated rings. The molecule has 1 aromatic carbocycles. The topological polar surface area (TPSA) is 44.5 Å². The molecule has 2 N–H and O–H groups in total. The van der Waals surface area contributed by atoms with Crippen LogP contribution >= 0.6 is 0 Å². The molecule has 1 radical (unpaired) electrons. The number of aromatic amines is 2. The van der Waals surface area contributed by atoms with Crippen LogP contribution in [-0.2, 0) is 0 Å². The predicted molar refractivity (Wildman–Crippen MR) is 54.7 cm³/mol. The standard InChI is InChI=1S/C11H8N3/c1-2-4-11-9(3-1)10(7-12-11)8-5-13-14-6-8/h1-6,12H,(H,13,14). The minimum absolute atomic E-state index is 1.06. The molecule has 0 aliphatic carbocycles. The number of fused-ring (bicyclic) bond motifs is 1. The maximum absolute atomic E-state index is 3.93. The largest absolute Gasteiger partial charge is 0.353 e. The average molecular weight is 182 g/mol. The molecule has 0 atom stereocenters. The van der Waals surface area contributed by atoms with Gasteiger partial charge in [0.1, 0.15) is 0 Å². The quantitative estimate of drug-likeness (QED) is 0.596. The highest BCUT2D eigenvalue weighted by molar-refractivity contribution is 5.94. The molecule has 0 aliphatic heterocycles. The van der Waals surface area contributed by atoms with Crippen LogP contribution in [0, 0.1) is 6.20 Å². The van der Waals surface area contributed by atoms with Crippen LogP contribution in [0.1, 0.15) is 0 Å². The molecule has 2 aromatic heterocycles. The zero-order valence-electron chi connectivity index (χ0n) is 7.41. The van der Waals surface area contributed by atoms with Gasteiger partial charge in [0.05, 0.1) is 12.4 Å². The number of aromatic nitrogens is 3. The van der Waals surface area contributed by atoms with E-state index in [1.165, 1.54) is 5.39 Å². The molecule has 3 heteroatoms. The van der Waals surface area contributed by atoms with Crippen molar-refractivity contribution in [2.75, 3.05) is 0 Å². The maximum Gasteiger partial charge on any atom is 0.0718 e. The van der Waals surface area contributed by atoms with E-state index in [-0.39, 0.29) is 0 Å². The number of benzene rings is 1. The fraction of sp³-hybridized carbons (Fsp3) is 0. The minimum Gasteiger partial charge on any atom is -0.353 e. The van der Waals surface area contributed by atoms with Crippen molar-refractivity contribution < 1.29 is 0 Å². The van der Waals surface area contributed by atoms with E-state index < -0.39 is 0 Å². The molecule has 0 spiro atoms. The molecule has 2 heterocycles. The summed E-state index contributed by atoms with van der Waals surface area (Å²) in [6, 6.07) is 8.14. The molecule has 3 aromatic rings. The number of nitrogens with zero attached hydrogens (tertiary/aromatic N) is 1. The van der Waals surface area contributed by atoms with Crippen LogP contribution in [-0.4, -0.2) is 15.2 Å². The SMILES string of the molecule is [c]1[nH]c2ccccc2c1-c1cn[nH]c1. The van der Waals surface area contributed by atoms with Crippen molar-refractivity contribution >= 4 is 10.9 Å². The van der Waals surface area contributed by atoms with E-state index >= 15 is 0 Å². The molecule has 3 rings (SSSR count). The summed E-state index contributed by atoms with van der Waals surface area (Å²) in [5.41, 5.74) is 3.22. The smallest absolute Gasteiger partial charge is 0.0718 e. The number of rotatable bonds is 1. The number of hydrogen-bond donors (Lipinski definition) is 2. The van der Waals surface area contributed by atoms with Crippen LogP contribution in [0.4, 0.5) is 0 Å². The molecule has 0 bridgehead atoms. The lowest BCUT2D eigenvalue weighted by atomic mass is 10.1. The van der Waals surface area contributed by atoms with Gasteiger partial charge in [-0.2, -0.15) is 5.10 Å². The van der Waals surface area contributed by atoms with Crippen LogP contribution in [0.2, 0.25) is 0 Å². The number of H-pyrrole nitrogens is 2. The summed E-state index contributed by atoms with van der Waals surface area (Å²) in [6.45, 7) is 0. The van der Waals surface area contributed by atoms with Gasteiger partial charge in [-0.3, -0.25) is 5.10 Å². The minimum atomic E-state index is 1.06. The van der Waals surface area contributed by atoms with Gasteiger partial charge in [-0.05, 0) is 6.07 Å². The highest BCUT2D eigenvalue weighted by atomic mass is 15.1. The first-order valence-corrected chi connectivity index (χ1v) is 4.43. The lowest BCUT2D eigenvalue weighted by Gasteiger charge is -1.92. The summed E-state index contributed by atoms with van der Waals surface area (Å²) < 4.78 is 0. The molecular weight excluding hydrogens is 174 g/mol. The first-order valence-electron chi connectivity index (χ1n) is 4.43. The van der Waals surface area contributed by atoms with Crippen molar-refractivity contribution in [3.8, 4) is 11.1 Å². The van der Waals surface area contributed by atoms with Crippen LogP contribution in [0.3, 0.4) is 0 Å². The Morgan fingerprint density at radius 1 is 1.21 bits per heavy atom. The Kier molecular flexibility index (Phi) is 1.44. The van der Waals surface area contributed by atoms with Crippen molar-refractivity contribution in [1.29, 1.82) is 0 Å². The molecule has 0 saturated carbocycles. The zero-order chi connectivity index (χ0) is 9.38. The maximum atomic E-state index is 3.93. The molecular formula is C11H8N3. The Hall–Kier alpha value is -2.03. The second-order valence-corrected chi connectivity index (χ2v) is 3.16. The van der Waals surface area contributed by atoms with E-state index in [1.807, 2.05) is 24.4 Å². The highest BCUT2D eigenvalue weighted by Gasteiger charge is 2.05. The second kappa shape index (κ2) is 2.73. The Labute approximate surface area is 80.8 Å². The van der Waals surface area contributed by atoms with E-state index in [2.05, 4.69) is 27.4 Å². The fourth-order valence-electron chi connectivity index (χ4n) is 1.62. The molecule has 67 valence electrons. The monoisotopic (exact) mass is 182 g/mol. The van der Waals surface area contributed by atoms with Gasteiger partial charge < -0.3 is 4.98 Å². The number of para-hydroxylation sites is 1. The average Bonchev–Trinajstić information content (AvgIpc) is 2.85. The number of hydrogen-bond acceptors (Lipinski definition) is 1. The first-order chi connectivity index (χ1) is 6.95. The van der Waals surface area contributed by atoms with Crippen molar-refractivity contribution in [3.63, 3.8) is 0 Å². The van der Waals surface area contributed by atoms with E-state index in [1.54, 1.807) is 6.20 Å². The molecule has 0 aliphatic rings. The lowest BCUT2D eigenvalue weighted by Crippen LogP contribution is -1.69. The molecule has 3 nitrogen and oxygen atoms in total. The summed E-state index contributed by atoms with van der Waals surface area (Å²) in [5, 5.41) is 7.90. The van der Waals surface area contributed by atoms with Gasteiger partial charge in [0.15, 0.2) is 0 Å². The van der Waals surface area contributed by atoms with Crippen LogP contribution in [0.5, 0.6) is 0 Å². The van der Waals surface area contributed by atoms with Crippen molar-refractivity contribution in [2.24, 2.45) is 0 Å². The highest BCUT2D eigenvalue weighted by Crippen LogP contribution is 2.26. The van der Waals surface area contributed by atoms with Crippen LogP contribution < -0.4 is 0 Å². The second-order valence-electron chi connectivity index (χ2n) is 3.16. The van der Waals surface area contributed by atoms with E-state index in [0.717, 1.165) is 16.6 Å². The Morgan fingerprint density at radius 3 is 3.00 bits per heavy atom. The lowest BCUT2D eigenvalue weighted by molar-refractivity contribution is 1.09. The summed E-state index contributed by atoms with van der Waals surface area (Å²) in [5.74, 6) is 0. The third-order valence-electron chi connectivity index (χ3n) is 2.31. The first kappa shape index (κ1) is 7.38. The van der Waals surface area contributed by atoms with Gasteiger partial charge in [-0.15, -0.1) is 0 Å². The summed E-state index contributed by atoms with van der Waals surface area (Å²) in [7, 11) is 0. The van der Waals surface area contributed by atoms with Crippen LogP contribution in [0.25, 0.3) is 22.0 Å². The predicted octanol–water partition coefficient (Wildman–Crippen LogP) is 2.36. The van der Waals surface area contributed by atoms with Gasteiger partial charge in [-0.1, -0.05) is 18.2 Å². The molecule has 0 saturated heterocycles. The van der Waals surface area contributed by atoms with E-state index in [9.17, 15) is 0 Å². The molecule has 14 heavy (non-hydrogen) atoms. The van der Waals surface area contributed by atoms with Gasteiger partial charge in [0.2, 0.25) is 0 Å². The normalized spacial score (nSPS) is 10.9. The van der Waals surface area contributed by atoms with Crippen molar-refractivity contribution in [2.45, 2.75) is 0 Å². The molecule has 0 unspecified atom stereocenters. The summed E-state index contributed by atoms with van der Waals surface area (Å²) in [4.78, 5) is 3.11. The van der Waals surface area contributed by atoms with Gasteiger partial charge in [-0.25, -0.2) is 0 Å². The van der Waals surface area contributed by atoms with Gasteiger partial charge in [0, 0.05) is 28.2 Å². The third-order valence-corrected chi connectivity index (χ3v) is 2.31. The third kappa shape index (κ3) is 0.956. The van der Waals surface area contributed by atoms with E-state index in [0.29, 0.717) is 0 Å². The molecule has 0 amide bonds. The van der Waals surface area contributed by atoms with Crippen molar-refractivity contribution in [1.82, 2.24) is 15.2 Å². The van der Waals surface area contributed by atoms with E-state index in [4.69, 9.17) is 0 Å². The Balaban J connectivity index is 2.33. The van der Waals surface area contributed by atoms with Gasteiger partial charge in [0.25, 0.3) is 0 Å². The summed E-state index contributed by atoms with van der Waals surface area (Å²) >= 11 is 0. The zero-order valence-corrected chi connectivity index (χ0v) is 7.41. The van der Waals surface area contributed by atoms with Crippen LogP contribution in [0.15, 0.2) is 36.7 Å².